The third-order valence-electron chi connectivity index (χ3n) is 3.08. The van der Waals surface area contributed by atoms with Gasteiger partial charge in [0.15, 0.2) is 0 Å². The van der Waals surface area contributed by atoms with Gasteiger partial charge in [0.2, 0.25) is 0 Å². The van der Waals surface area contributed by atoms with Crippen molar-refractivity contribution in [2.24, 2.45) is 0 Å². The van der Waals surface area contributed by atoms with E-state index in [1.807, 2.05) is 6.92 Å². The molecule has 5 heteroatoms. The van der Waals surface area contributed by atoms with Crippen LogP contribution in [0.4, 0.5) is 4.39 Å². The molecule has 0 aliphatic rings. The Morgan fingerprint density at radius 2 is 2.14 bits per heavy atom. The number of rotatable bonds is 7. The van der Waals surface area contributed by atoms with E-state index in [9.17, 15) is 9.18 Å². The molecular weight excluding hydrogens is 271 g/mol. The predicted octanol–water partition coefficient (Wildman–Crippen LogP) is 2.18. The molecule has 0 aliphatic heterocycles. The van der Waals surface area contributed by atoms with Crippen molar-refractivity contribution < 1.29 is 9.13 Å². The molecule has 4 nitrogen and oxygen atoms in total. The van der Waals surface area contributed by atoms with Gasteiger partial charge < -0.3 is 14.6 Å². The summed E-state index contributed by atoms with van der Waals surface area (Å²) in [6, 6.07) is 9.47. The topological polar surface area (TPSA) is 43.3 Å². The molecule has 0 fully saturated rings. The zero-order chi connectivity index (χ0) is 15.1. The Labute approximate surface area is 123 Å². The zero-order valence-corrected chi connectivity index (χ0v) is 12.0. The Bertz CT molecular complexity index is 640. The minimum Gasteiger partial charge on any atom is -0.491 e. The van der Waals surface area contributed by atoms with Gasteiger partial charge in [-0.1, -0.05) is 13.0 Å². The number of nitrogens with zero attached hydrogens (tertiary/aromatic N) is 1. The molecule has 112 valence electrons. The van der Waals surface area contributed by atoms with Crippen molar-refractivity contribution in [1.82, 2.24) is 9.88 Å². The lowest BCUT2D eigenvalue weighted by atomic mass is 10.2. The molecule has 0 bridgehead atoms. The molecule has 0 saturated heterocycles. The molecule has 21 heavy (non-hydrogen) atoms. The smallest absolute Gasteiger partial charge is 0.250 e. The summed E-state index contributed by atoms with van der Waals surface area (Å²) >= 11 is 0. The third kappa shape index (κ3) is 4.43. The molecule has 1 aromatic carbocycles. The number of hydrogen-bond acceptors (Lipinski definition) is 3. The number of aromatic nitrogens is 1. The summed E-state index contributed by atoms with van der Waals surface area (Å²) in [5, 5.41) is 3.15. The predicted molar refractivity (Wildman–Crippen MR) is 80.0 cm³/mol. The molecule has 0 atom stereocenters. The minimum atomic E-state index is -0.283. The van der Waals surface area contributed by atoms with Crippen LogP contribution in [0.2, 0.25) is 0 Å². The fourth-order valence-corrected chi connectivity index (χ4v) is 1.99. The van der Waals surface area contributed by atoms with Gasteiger partial charge in [-0.2, -0.15) is 0 Å². The fraction of sp³-hybridized carbons (Fsp3) is 0.312. The van der Waals surface area contributed by atoms with Crippen molar-refractivity contribution in [3.05, 3.63) is 64.3 Å². The van der Waals surface area contributed by atoms with Crippen LogP contribution in [0.5, 0.6) is 5.75 Å². The second-order valence-corrected chi connectivity index (χ2v) is 4.61. The quantitative estimate of drug-likeness (QED) is 0.850. The molecular formula is C16H19FN2O2. The minimum absolute atomic E-state index is 0.0620. The van der Waals surface area contributed by atoms with Gasteiger partial charge in [-0.15, -0.1) is 0 Å². The van der Waals surface area contributed by atoms with Crippen LogP contribution in [-0.2, 0) is 13.1 Å². The first-order valence-corrected chi connectivity index (χ1v) is 6.98. The number of benzene rings is 1. The molecule has 0 aliphatic carbocycles. The van der Waals surface area contributed by atoms with Crippen molar-refractivity contribution in [1.29, 1.82) is 0 Å². The molecule has 2 rings (SSSR count). The lowest BCUT2D eigenvalue weighted by molar-refractivity contribution is 0.292. The summed E-state index contributed by atoms with van der Waals surface area (Å²) in [6.07, 6.45) is 1.72. The van der Waals surface area contributed by atoms with E-state index >= 15 is 0 Å². The van der Waals surface area contributed by atoms with E-state index in [-0.39, 0.29) is 11.4 Å². The van der Waals surface area contributed by atoms with Gasteiger partial charge in [-0.3, -0.25) is 4.79 Å². The number of pyridine rings is 1. The number of nitrogens with one attached hydrogen (secondary N) is 1. The third-order valence-corrected chi connectivity index (χ3v) is 3.08. The molecule has 1 N–H and O–H groups in total. The van der Waals surface area contributed by atoms with Crippen LogP contribution in [-0.4, -0.2) is 17.7 Å². The molecule has 1 heterocycles. The lowest BCUT2D eigenvalue weighted by Gasteiger charge is -2.12. The van der Waals surface area contributed by atoms with Crippen LogP contribution in [0, 0.1) is 5.82 Å². The van der Waals surface area contributed by atoms with Crippen molar-refractivity contribution >= 4 is 0 Å². The van der Waals surface area contributed by atoms with E-state index in [1.54, 1.807) is 29.0 Å². The monoisotopic (exact) mass is 290 g/mol. The number of ether oxygens (including phenoxy) is 1. The highest BCUT2D eigenvalue weighted by Crippen LogP contribution is 2.19. The summed E-state index contributed by atoms with van der Waals surface area (Å²) in [6.45, 7) is 4.15. The van der Waals surface area contributed by atoms with Gasteiger partial charge in [0.05, 0.1) is 6.54 Å². The van der Waals surface area contributed by atoms with Gasteiger partial charge >= 0.3 is 0 Å². The van der Waals surface area contributed by atoms with Crippen LogP contribution in [0.3, 0.4) is 0 Å². The van der Waals surface area contributed by atoms with Crippen LogP contribution in [0.25, 0.3) is 0 Å². The van der Waals surface area contributed by atoms with E-state index < -0.39 is 0 Å². The lowest BCUT2D eigenvalue weighted by Crippen LogP contribution is -2.21. The molecule has 0 saturated carbocycles. The molecule has 0 unspecified atom stereocenters. The van der Waals surface area contributed by atoms with Crippen LogP contribution < -0.4 is 15.6 Å². The first-order valence-electron chi connectivity index (χ1n) is 6.98. The first kappa shape index (κ1) is 15.3. The number of halogens is 1. The van der Waals surface area contributed by atoms with Crippen molar-refractivity contribution in [2.75, 3.05) is 13.2 Å². The fourth-order valence-electron chi connectivity index (χ4n) is 1.99. The van der Waals surface area contributed by atoms with Crippen molar-refractivity contribution in [2.45, 2.75) is 20.0 Å². The molecule has 2 aromatic rings. The standard InChI is InChI=1S/C16H19FN2O2/c1-2-18-12-13-11-14(17)6-7-15(13)21-10-9-19-8-4-3-5-16(19)20/h3-8,11,18H,2,9-10,12H2,1H3. The summed E-state index contributed by atoms with van der Waals surface area (Å²) in [5.74, 6) is 0.357. The van der Waals surface area contributed by atoms with Gasteiger partial charge in [-0.05, 0) is 30.8 Å². The Hall–Kier alpha value is -2.14. The molecule has 0 spiro atoms. The maximum absolute atomic E-state index is 13.3. The SMILES string of the molecule is CCNCc1cc(F)ccc1OCCn1ccccc1=O. The van der Waals surface area contributed by atoms with E-state index in [0.717, 1.165) is 12.1 Å². The van der Waals surface area contributed by atoms with Crippen molar-refractivity contribution in [3.63, 3.8) is 0 Å². The van der Waals surface area contributed by atoms with Gasteiger partial charge in [0.1, 0.15) is 18.2 Å². The largest absolute Gasteiger partial charge is 0.491 e. The number of hydrogen-bond donors (Lipinski definition) is 1. The van der Waals surface area contributed by atoms with Gasteiger partial charge in [0, 0.05) is 24.4 Å². The second kappa shape index (κ2) is 7.59. The Kier molecular flexibility index (Phi) is 5.51. The summed E-state index contributed by atoms with van der Waals surface area (Å²) in [4.78, 5) is 11.6. The average Bonchev–Trinajstić information content (AvgIpc) is 2.49. The first-order chi connectivity index (χ1) is 10.2. The maximum Gasteiger partial charge on any atom is 0.250 e. The van der Waals surface area contributed by atoms with E-state index in [0.29, 0.717) is 25.4 Å². The van der Waals surface area contributed by atoms with E-state index in [4.69, 9.17) is 4.74 Å². The summed E-state index contributed by atoms with van der Waals surface area (Å²) in [5.41, 5.74) is 0.713. The van der Waals surface area contributed by atoms with Crippen LogP contribution in [0.1, 0.15) is 12.5 Å². The highest BCUT2D eigenvalue weighted by atomic mass is 19.1. The van der Waals surface area contributed by atoms with E-state index in [2.05, 4.69) is 5.32 Å². The zero-order valence-electron chi connectivity index (χ0n) is 12.0. The Balaban J connectivity index is 1.99. The average molecular weight is 290 g/mol. The maximum atomic E-state index is 13.3. The van der Waals surface area contributed by atoms with E-state index in [1.165, 1.54) is 18.2 Å². The summed E-state index contributed by atoms with van der Waals surface area (Å²) in [7, 11) is 0. The Morgan fingerprint density at radius 1 is 1.29 bits per heavy atom. The highest BCUT2D eigenvalue weighted by molar-refractivity contribution is 5.33. The molecule has 0 amide bonds. The highest BCUT2D eigenvalue weighted by Gasteiger charge is 2.05. The normalized spacial score (nSPS) is 10.6. The van der Waals surface area contributed by atoms with Gasteiger partial charge in [0.25, 0.3) is 5.56 Å². The molecule has 1 aromatic heterocycles. The second-order valence-electron chi connectivity index (χ2n) is 4.61. The van der Waals surface area contributed by atoms with Crippen LogP contribution in [0.15, 0.2) is 47.4 Å². The summed E-state index contributed by atoms with van der Waals surface area (Å²) < 4.78 is 20.5. The molecule has 0 radical (unpaired) electrons. The Morgan fingerprint density at radius 3 is 2.90 bits per heavy atom. The van der Waals surface area contributed by atoms with Crippen molar-refractivity contribution in [3.8, 4) is 5.75 Å². The van der Waals surface area contributed by atoms with Crippen LogP contribution >= 0.6 is 0 Å². The van der Waals surface area contributed by atoms with Gasteiger partial charge in [-0.25, -0.2) is 4.39 Å².